The van der Waals surface area contributed by atoms with Gasteiger partial charge in [0, 0.05) is 0 Å². The highest BCUT2D eigenvalue weighted by Crippen LogP contribution is 1.95. The molecule has 1 atom stereocenters. The molecule has 1 rings (SSSR count). The highest BCUT2D eigenvalue weighted by molar-refractivity contribution is 7.27. The van der Waals surface area contributed by atoms with Gasteiger partial charge >= 0.3 is 0 Å². The zero-order valence-corrected chi connectivity index (χ0v) is 16.3. The van der Waals surface area contributed by atoms with Gasteiger partial charge in [-0.05, 0) is 25.1 Å². The summed E-state index contributed by atoms with van der Waals surface area (Å²) >= 11 is 0. The smallest absolute Gasteiger partial charge is 0.116 e. The Balaban J connectivity index is -0.0000000930. The lowest BCUT2D eigenvalue weighted by Gasteiger charge is -1.90. The third-order valence-corrected chi connectivity index (χ3v) is 2.22. The predicted molar refractivity (Wildman–Crippen MR) is 100 cm³/mol. The van der Waals surface area contributed by atoms with Gasteiger partial charge in [-0.3, -0.25) is 0 Å². The van der Waals surface area contributed by atoms with E-state index >= 15 is 0 Å². The van der Waals surface area contributed by atoms with E-state index in [-0.39, 0.29) is 0 Å². The van der Waals surface area contributed by atoms with Gasteiger partial charge in [-0.25, -0.2) is 0 Å². The quantitative estimate of drug-likeness (QED) is 0.473. The topological polar surface area (TPSA) is 17.1 Å². The van der Waals surface area contributed by atoms with Crippen LogP contribution in [-0.2, 0) is 4.79 Å². The number of aryl methyl sites for hydroxylation is 1. The van der Waals surface area contributed by atoms with Crippen LogP contribution in [0.5, 0.6) is 0 Å². The van der Waals surface area contributed by atoms with E-state index in [9.17, 15) is 0 Å². The first-order valence-corrected chi connectivity index (χ1v) is 8.27. The number of aldehydes is 1. The average Bonchev–Trinajstić information content (AvgIpc) is 2.44. The molecule has 1 unspecified atom stereocenters. The molecule has 0 saturated carbocycles. The molecule has 0 radical (unpaired) electrons. The summed E-state index contributed by atoms with van der Waals surface area (Å²) in [7, 11) is 2.66. The fourth-order valence-corrected chi connectivity index (χ4v) is 1.04. The zero-order valence-electron chi connectivity index (χ0n) is 15.2. The van der Waals surface area contributed by atoms with E-state index in [1.54, 1.807) is 0 Å². The Morgan fingerprint density at radius 2 is 1.50 bits per heavy atom. The van der Waals surface area contributed by atoms with Crippen molar-refractivity contribution in [3.63, 3.8) is 0 Å². The molecule has 0 bridgehead atoms. The van der Waals surface area contributed by atoms with Crippen LogP contribution in [0.4, 0.5) is 0 Å². The Hall–Kier alpha value is -0.680. The molecule has 0 saturated heterocycles. The Labute approximate surface area is 130 Å². The number of rotatable bonds is 1. The van der Waals surface area contributed by atoms with E-state index in [0.29, 0.717) is 0 Å². The van der Waals surface area contributed by atoms with Crippen molar-refractivity contribution in [3.8, 4) is 0 Å². The Morgan fingerprint density at radius 1 is 1.15 bits per heavy atom. The summed E-state index contributed by atoms with van der Waals surface area (Å²) in [6.45, 7) is 18.2. The summed E-state index contributed by atoms with van der Waals surface area (Å²) in [5, 5.41) is 1.25. The van der Waals surface area contributed by atoms with Gasteiger partial charge in [0.05, 0.1) is 0 Å². The van der Waals surface area contributed by atoms with E-state index in [4.69, 9.17) is 4.79 Å². The Morgan fingerprint density at radius 3 is 1.65 bits per heavy atom. The summed E-state index contributed by atoms with van der Waals surface area (Å²) in [4.78, 5) is 8.81. The molecule has 0 aliphatic carbocycles. The maximum absolute atomic E-state index is 8.81. The summed E-state index contributed by atoms with van der Waals surface area (Å²) in [6.07, 6.45) is 2.06. The second-order valence-electron chi connectivity index (χ2n) is 3.95. The fourth-order valence-electron chi connectivity index (χ4n) is 0.670. The van der Waals surface area contributed by atoms with Crippen LogP contribution in [0.2, 0.25) is 0 Å². The standard InChI is InChI=1S/C7H9P.C5H12.C2H4O.2C2H6/c1-6-3-2-4-7(8)5-6;1-4-5(2)3;1-2-3;2*1-2/h2-5H,8H2,1H3;5H,4H2,1-3H3;2H,1H3;2*1-2H3. The minimum absolute atomic E-state index is 0.750. The monoisotopic (exact) mass is 300 g/mol. The van der Waals surface area contributed by atoms with Crippen molar-refractivity contribution >= 4 is 20.8 Å². The summed E-state index contributed by atoms with van der Waals surface area (Å²) in [6, 6.07) is 8.34. The van der Waals surface area contributed by atoms with E-state index in [0.717, 1.165) is 12.2 Å². The largest absolute Gasteiger partial charge is 0.304 e. The third-order valence-electron chi connectivity index (χ3n) is 1.86. The lowest BCUT2D eigenvalue weighted by molar-refractivity contribution is -0.106. The number of carbonyl (C=O) groups is 1. The third kappa shape index (κ3) is 36.0. The maximum Gasteiger partial charge on any atom is 0.116 e. The van der Waals surface area contributed by atoms with Crippen LogP contribution in [-0.4, -0.2) is 6.29 Å². The number of benzene rings is 1. The lowest BCUT2D eigenvalue weighted by atomic mass is 10.2. The molecular weight excluding hydrogens is 263 g/mol. The van der Waals surface area contributed by atoms with Gasteiger partial charge in [-0.1, -0.05) is 84.7 Å². The molecule has 120 valence electrons. The van der Waals surface area contributed by atoms with E-state index in [1.165, 1.54) is 24.2 Å². The SMILES string of the molecule is CC.CC.CC=O.CCC(C)C.Cc1cccc(P)c1. The van der Waals surface area contributed by atoms with E-state index < -0.39 is 0 Å². The van der Waals surface area contributed by atoms with Crippen molar-refractivity contribution in [3.05, 3.63) is 29.8 Å². The minimum Gasteiger partial charge on any atom is -0.304 e. The van der Waals surface area contributed by atoms with Gasteiger partial charge in [0.25, 0.3) is 0 Å². The molecule has 2 heteroatoms. The number of hydrogen-bond acceptors (Lipinski definition) is 1. The molecule has 0 aliphatic rings. The zero-order chi connectivity index (χ0) is 17.0. The fraction of sp³-hybridized carbons (Fsp3) is 0.611. The first kappa shape index (κ1) is 27.6. The van der Waals surface area contributed by atoms with E-state index in [1.807, 2.05) is 27.7 Å². The van der Waals surface area contributed by atoms with Crippen LogP contribution in [0.25, 0.3) is 0 Å². The Kier molecular flexibility index (Phi) is 37.0. The summed E-state index contributed by atoms with van der Waals surface area (Å²) < 4.78 is 0. The van der Waals surface area contributed by atoms with Crippen LogP contribution in [0.15, 0.2) is 24.3 Å². The molecule has 0 amide bonds. The highest BCUT2D eigenvalue weighted by atomic mass is 31.0. The second kappa shape index (κ2) is 26.8. The molecule has 1 aromatic carbocycles. The first-order valence-electron chi connectivity index (χ1n) is 7.69. The van der Waals surface area contributed by atoms with Crippen LogP contribution in [0.3, 0.4) is 0 Å². The van der Waals surface area contributed by atoms with Gasteiger partial charge in [0.2, 0.25) is 0 Å². The summed E-state index contributed by atoms with van der Waals surface area (Å²) in [5.74, 6) is 0.884. The lowest BCUT2D eigenvalue weighted by Crippen LogP contribution is -1.87. The molecule has 0 spiro atoms. The van der Waals surface area contributed by atoms with Gasteiger partial charge in [0.15, 0.2) is 0 Å². The molecule has 0 fully saturated rings. The Bertz CT molecular complexity index is 253. The van der Waals surface area contributed by atoms with E-state index in [2.05, 4.69) is 61.2 Å². The summed E-state index contributed by atoms with van der Waals surface area (Å²) in [5.41, 5.74) is 1.32. The van der Waals surface area contributed by atoms with Crippen molar-refractivity contribution in [2.24, 2.45) is 5.92 Å². The van der Waals surface area contributed by atoms with Crippen LogP contribution < -0.4 is 5.30 Å². The van der Waals surface area contributed by atoms with Crippen molar-refractivity contribution in [2.45, 2.75) is 68.7 Å². The van der Waals surface area contributed by atoms with Crippen molar-refractivity contribution in [1.29, 1.82) is 0 Å². The van der Waals surface area contributed by atoms with Crippen LogP contribution >= 0.6 is 9.24 Å². The normalized spacial score (nSPS) is 7.35. The number of hydrogen-bond donors (Lipinski definition) is 0. The minimum atomic E-state index is 0.750. The van der Waals surface area contributed by atoms with Crippen molar-refractivity contribution in [1.82, 2.24) is 0 Å². The van der Waals surface area contributed by atoms with Crippen LogP contribution in [0.1, 0.15) is 67.4 Å². The molecule has 20 heavy (non-hydrogen) atoms. The molecule has 0 N–H and O–H groups in total. The molecule has 0 aliphatic heterocycles. The maximum atomic E-state index is 8.81. The molecule has 0 aromatic heterocycles. The average molecular weight is 300 g/mol. The van der Waals surface area contributed by atoms with Gasteiger partial charge in [0.1, 0.15) is 6.29 Å². The van der Waals surface area contributed by atoms with Crippen molar-refractivity contribution < 1.29 is 4.79 Å². The molecule has 0 heterocycles. The second-order valence-corrected chi connectivity index (χ2v) is 4.62. The van der Waals surface area contributed by atoms with Gasteiger partial charge in [-0.15, -0.1) is 9.24 Å². The molecular formula is C18H37OP. The predicted octanol–water partition coefficient (Wildman–Crippen LogP) is 5.81. The highest BCUT2D eigenvalue weighted by Gasteiger charge is 1.81. The molecule has 1 aromatic rings. The van der Waals surface area contributed by atoms with Crippen LogP contribution in [0, 0.1) is 12.8 Å². The van der Waals surface area contributed by atoms with Gasteiger partial charge < -0.3 is 4.79 Å². The van der Waals surface area contributed by atoms with Crippen molar-refractivity contribution in [2.75, 3.05) is 0 Å². The number of carbonyl (C=O) groups excluding carboxylic acids is 1. The first-order chi connectivity index (χ1) is 9.47. The van der Waals surface area contributed by atoms with Gasteiger partial charge in [-0.2, -0.15) is 0 Å². The molecule has 1 nitrogen and oxygen atoms in total.